The van der Waals surface area contributed by atoms with E-state index < -0.39 is 0 Å². The molecule has 0 aromatic carbocycles. The average molecular weight is 213 g/mol. The van der Waals surface area contributed by atoms with Gasteiger partial charge in [-0.1, -0.05) is 20.3 Å². The molecule has 2 N–H and O–H groups in total. The van der Waals surface area contributed by atoms with Gasteiger partial charge >= 0.3 is 0 Å². The van der Waals surface area contributed by atoms with Crippen LogP contribution in [-0.2, 0) is 4.74 Å². The van der Waals surface area contributed by atoms with E-state index in [1.165, 1.54) is 32.1 Å². The number of rotatable bonds is 6. The normalized spacial score (nSPS) is 26.2. The maximum Gasteiger partial charge on any atom is 0.0575 e. The van der Waals surface area contributed by atoms with Crippen LogP contribution in [0.25, 0.3) is 0 Å². The van der Waals surface area contributed by atoms with Gasteiger partial charge in [0.2, 0.25) is 0 Å². The van der Waals surface area contributed by atoms with E-state index in [-0.39, 0.29) is 0 Å². The Hall–Kier alpha value is -0.0800. The summed E-state index contributed by atoms with van der Waals surface area (Å²) in [5, 5.41) is 0. The van der Waals surface area contributed by atoms with E-state index in [2.05, 4.69) is 13.8 Å². The van der Waals surface area contributed by atoms with Crippen LogP contribution in [0, 0.1) is 5.92 Å². The molecule has 3 atom stereocenters. The van der Waals surface area contributed by atoms with E-state index in [4.69, 9.17) is 10.5 Å². The molecule has 0 bridgehead atoms. The molecule has 0 spiro atoms. The van der Waals surface area contributed by atoms with Gasteiger partial charge in [-0.15, -0.1) is 0 Å². The zero-order valence-electron chi connectivity index (χ0n) is 10.4. The summed E-state index contributed by atoms with van der Waals surface area (Å²) in [4.78, 5) is 0. The molecule has 15 heavy (non-hydrogen) atoms. The minimum absolute atomic E-state index is 0.380. The molecular weight excluding hydrogens is 186 g/mol. The van der Waals surface area contributed by atoms with Gasteiger partial charge in [-0.2, -0.15) is 0 Å². The fraction of sp³-hybridized carbons (Fsp3) is 1.00. The Morgan fingerprint density at radius 1 is 1.40 bits per heavy atom. The van der Waals surface area contributed by atoms with Crippen molar-refractivity contribution in [2.45, 2.75) is 70.9 Å². The van der Waals surface area contributed by atoms with Crippen molar-refractivity contribution in [1.29, 1.82) is 0 Å². The lowest BCUT2D eigenvalue weighted by Crippen LogP contribution is -2.26. The average Bonchev–Trinajstić information content (AvgIpc) is 2.27. The van der Waals surface area contributed by atoms with Crippen molar-refractivity contribution in [1.82, 2.24) is 0 Å². The summed E-state index contributed by atoms with van der Waals surface area (Å²) in [7, 11) is 0. The smallest absolute Gasteiger partial charge is 0.0575 e. The minimum Gasteiger partial charge on any atom is -0.378 e. The molecule has 1 rings (SSSR count). The van der Waals surface area contributed by atoms with Gasteiger partial charge in [-0.25, -0.2) is 0 Å². The Morgan fingerprint density at radius 3 is 2.80 bits per heavy atom. The van der Waals surface area contributed by atoms with Crippen molar-refractivity contribution >= 4 is 0 Å². The molecule has 0 aromatic heterocycles. The highest BCUT2D eigenvalue weighted by molar-refractivity contribution is 4.70. The molecule has 0 saturated carbocycles. The monoisotopic (exact) mass is 213 g/mol. The molecule has 3 unspecified atom stereocenters. The van der Waals surface area contributed by atoms with Crippen LogP contribution in [0.15, 0.2) is 0 Å². The predicted molar refractivity (Wildman–Crippen MR) is 64.9 cm³/mol. The minimum atomic E-state index is 0.380. The molecule has 2 heteroatoms. The summed E-state index contributed by atoms with van der Waals surface area (Å²) in [6.45, 7) is 5.49. The highest BCUT2D eigenvalue weighted by Crippen LogP contribution is 2.19. The third-order valence-electron chi connectivity index (χ3n) is 3.54. The summed E-state index contributed by atoms with van der Waals surface area (Å²) in [6, 6.07) is 0.380. The number of ether oxygens (including phenoxy) is 1. The van der Waals surface area contributed by atoms with Gasteiger partial charge in [-0.05, 0) is 44.4 Å². The maximum absolute atomic E-state index is 6.11. The van der Waals surface area contributed by atoms with Gasteiger partial charge in [0.15, 0.2) is 0 Å². The summed E-state index contributed by atoms with van der Waals surface area (Å²) >= 11 is 0. The van der Waals surface area contributed by atoms with Gasteiger partial charge < -0.3 is 10.5 Å². The van der Waals surface area contributed by atoms with Gasteiger partial charge in [0, 0.05) is 12.6 Å². The van der Waals surface area contributed by atoms with Crippen LogP contribution in [0.4, 0.5) is 0 Å². The molecule has 0 aliphatic carbocycles. The first-order valence-electron chi connectivity index (χ1n) is 6.59. The Morgan fingerprint density at radius 2 is 2.20 bits per heavy atom. The zero-order valence-corrected chi connectivity index (χ0v) is 10.4. The molecule has 0 aromatic rings. The zero-order chi connectivity index (χ0) is 11.1. The fourth-order valence-electron chi connectivity index (χ4n) is 2.24. The molecule has 0 radical (unpaired) electrons. The largest absolute Gasteiger partial charge is 0.378 e. The Labute approximate surface area is 94.6 Å². The highest BCUT2D eigenvalue weighted by Gasteiger charge is 2.15. The molecule has 90 valence electrons. The van der Waals surface area contributed by atoms with E-state index in [1.54, 1.807) is 0 Å². The summed E-state index contributed by atoms with van der Waals surface area (Å²) in [6.07, 6.45) is 9.04. The molecular formula is C13H27NO. The van der Waals surface area contributed by atoms with Crippen LogP contribution in [0.3, 0.4) is 0 Å². The lowest BCUT2D eigenvalue weighted by molar-refractivity contribution is 0.00884. The van der Waals surface area contributed by atoms with Crippen molar-refractivity contribution in [2.75, 3.05) is 6.61 Å². The lowest BCUT2D eigenvalue weighted by Gasteiger charge is -2.24. The molecule has 1 aliphatic heterocycles. The van der Waals surface area contributed by atoms with Crippen molar-refractivity contribution in [3.63, 3.8) is 0 Å². The number of hydrogen-bond acceptors (Lipinski definition) is 2. The topological polar surface area (TPSA) is 35.2 Å². The third-order valence-corrected chi connectivity index (χ3v) is 3.54. The maximum atomic E-state index is 6.11. The van der Waals surface area contributed by atoms with Crippen molar-refractivity contribution in [3.05, 3.63) is 0 Å². The highest BCUT2D eigenvalue weighted by atomic mass is 16.5. The van der Waals surface area contributed by atoms with Crippen LogP contribution >= 0.6 is 0 Å². The van der Waals surface area contributed by atoms with E-state index >= 15 is 0 Å². The Balaban J connectivity index is 2.07. The SMILES string of the molecule is CCC(C)CC(N)CCC1CCCCO1. The fourth-order valence-corrected chi connectivity index (χ4v) is 2.24. The van der Waals surface area contributed by atoms with Gasteiger partial charge in [0.25, 0.3) is 0 Å². The molecule has 1 heterocycles. The first-order valence-corrected chi connectivity index (χ1v) is 6.59. The Bertz CT molecular complexity index is 155. The first kappa shape index (κ1) is 13.0. The molecule has 1 fully saturated rings. The van der Waals surface area contributed by atoms with Crippen LogP contribution < -0.4 is 5.73 Å². The van der Waals surface area contributed by atoms with E-state index in [9.17, 15) is 0 Å². The first-order chi connectivity index (χ1) is 7.22. The number of hydrogen-bond donors (Lipinski definition) is 1. The van der Waals surface area contributed by atoms with Crippen LogP contribution in [0.5, 0.6) is 0 Å². The molecule has 1 saturated heterocycles. The molecule has 1 aliphatic rings. The number of nitrogens with two attached hydrogens (primary N) is 1. The van der Waals surface area contributed by atoms with Crippen molar-refractivity contribution in [2.24, 2.45) is 11.7 Å². The standard InChI is InChI=1S/C13H27NO/c1-3-11(2)10-12(14)7-8-13-6-4-5-9-15-13/h11-13H,3-10,14H2,1-2H3. The second kappa shape index (κ2) is 7.24. The van der Waals surface area contributed by atoms with E-state index in [1.807, 2.05) is 0 Å². The summed E-state index contributed by atoms with van der Waals surface area (Å²) in [5.41, 5.74) is 6.11. The second-order valence-electron chi connectivity index (χ2n) is 5.08. The summed E-state index contributed by atoms with van der Waals surface area (Å²) < 4.78 is 5.70. The third kappa shape index (κ3) is 5.53. The Kier molecular flexibility index (Phi) is 6.26. The van der Waals surface area contributed by atoms with Gasteiger partial charge in [0.1, 0.15) is 0 Å². The van der Waals surface area contributed by atoms with Crippen LogP contribution in [0.1, 0.15) is 58.8 Å². The molecule has 0 amide bonds. The van der Waals surface area contributed by atoms with Crippen LogP contribution in [0.2, 0.25) is 0 Å². The quantitative estimate of drug-likeness (QED) is 0.736. The van der Waals surface area contributed by atoms with Gasteiger partial charge in [0.05, 0.1) is 6.10 Å². The van der Waals surface area contributed by atoms with Crippen molar-refractivity contribution in [3.8, 4) is 0 Å². The van der Waals surface area contributed by atoms with Crippen molar-refractivity contribution < 1.29 is 4.74 Å². The van der Waals surface area contributed by atoms with Crippen LogP contribution in [-0.4, -0.2) is 18.8 Å². The predicted octanol–water partition coefficient (Wildman–Crippen LogP) is 3.10. The lowest BCUT2D eigenvalue weighted by atomic mass is 9.95. The molecule has 2 nitrogen and oxygen atoms in total. The second-order valence-corrected chi connectivity index (χ2v) is 5.08. The van der Waals surface area contributed by atoms with E-state index in [0.717, 1.165) is 25.4 Å². The van der Waals surface area contributed by atoms with E-state index in [0.29, 0.717) is 12.1 Å². The summed E-state index contributed by atoms with van der Waals surface area (Å²) in [5.74, 6) is 0.771. The van der Waals surface area contributed by atoms with Gasteiger partial charge in [-0.3, -0.25) is 0 Å².